The Morgan fingerprint density at radius 3 is 1.48 bits per heavy atom. The van der Waals surface area contributed by atoms with Crippen LogP contribution < -0.4 is 113 Å². The molecule has 0 saturated heterocycles. The van der Waals surface area contributed by atoms with Gasteiger partial charge in [-0.1, -0.05) is 93.7 Å². The van der Waals surface area contributed by atoms with Gasteiger partial charge < -0.3 is 30.9 Å². The number of ether oxygens (including phenoxy) is 3. The zero-order valence-electron chi connectivity index (χ0n) is 34.8. The van der Waals surface area contributed by atoms with Crippen LogP contribution in [-0.4, -0.2) is 59.2 Å². The van der Waals surface area contributed by atoms with E-state index in [4.69, 9.17) is 29.4 Å². The van der Waals surface area contributed by atoms with Gasteiger partial charge in [-0.3, -0.25) is 24.0 Å². The van der Waals surface area contributed by atoms with Crippen molar-refractivity contribution in [2.75, 3.05) is 11.9 Å². The standard InChI is InChI=1S/C19H27BrO4.C12H23BrO2.C7H5BrO2.CH2O3.CH4.2K.H/c1-19(2,3)24-18(22)9-7-5-4-6-8-12-23-17-13-16(20)11-10-15(17)14-21;1-12(2,3)15-11(14)9-7-5-4-6-8-10-13;8-6-2-1-5(4-9)7(10)3-6;2-1-4-3;;;;/h10-11,13-14H,4-9,12H2,1-3H3;4-10H2,1-3H3;1-4,10H;1,3H;1H4;;;/q;;;;;2*+1;-1/p-1. The van der Waals surface area contributed by atoms with Crippen LogP contribution in [0.3, 0.4) is 0 Å². The van der Waals surface area contributed by atoms with Gasteiger partial charge in [-0.15, -0.1) is 0 Å². The van der Waals surface area contributed by atoms with Gasteiger partial charge in [-0.25, -0.2) is 0 Å². The van der Waals surface area contributed by atoms with Gasteiger partial charge in [-0.2, -0.15) is 0 Å². The molecular formula is C40H61Br3K2O11. The molecule has 56 heavy (non-hydrogen) atoms. The molecule has 11 nitrogen and oxygen atoms in total. The number of hydrogen-bond donors (Lipinski definition) is 1. The Hall–Kier alpha value is 0.463. The molecule has 0 unspecified atom stereocenters. The molecule has 0 aliphatic rings. The van der Waals surface area contributed by atoms with E-state index >= 15 is 0 Å². The molecule has 1 N–H and O–H groups in total. The largest absolute Gasteiger partial charge is 1.00 e. The van der Waals surface area contributed by atoms with Gasteiger partial charge in [0.25, 0.3) is 6.47 Å². The van der Waals surface area contributed by atoms with Crippen molar-refractivity contribution in [3.63, 3.8) is 0 Å². The zero-order chi connectivity index (χ0) is 40.7. The van der Waals surface area contributed by atoms with E-state index in [1.165, 1.54) is 25.3 Å². The minimum absolute atomic E-state index is 0. The van der Waals surface area contributed by atoms with E-state index in [1.807, 2.05) is 53.7 Å². The minimum atomic E-state index is -0.402. The van der Waals surface area contributed by atoms with Crippen molar-refractivity contribution < 1.29 is 158 Å². The molecule has 0 aliphatic heterocycles. The first-order chi connectivity index (χ1) is 24.9. The maximum atomic E-state index is 11.6. The molecule has 0 spiro atoms. The molecule has 0 aliphatic carbocycles. The summed E-state index contributed by atoms with van der Waals surface area (Å²) in [4.78, 5) is 55.2. The Bertz CT molecular complexity index is 1340. The number of alkyl halides is 1. The first-order valence-electron chi connectivity index (χ1n) is 17.5. The van der Waals surface area contributed by atoms with Crippen LogP contribution in [0, 0.1) is 0 Å². The van der Waals surface area contributed by atoms with Crippen molar-refractivity contribution in [1.82, 2.24) is 0 Å². The molecule has 0 aromatic heterocycles. The van der Waals surface area contributed by atoms with Gasteiger partial charge >= 0.3 is 115 Å². The molecule has 0 atom stereocenters. The summed E-state index contributed by atoms with van der Waals surface area (Å²) in [5.74, 6) is 0.429. The molecule has 0 heterocycles. The van der Waals surface area contributed by atoms with Crippen molar-refractivity contribution in [3.8, 4) is 11.5 Å². The SMILES string of the molecule is C.CC(C)(C)OC(=O)CCCCCCCBr.CC(C)(C)OC(=O)CCCCCCCOc1cc(Br)ccc1C=O.O=CO[O-].O=Cc1ccc(Br)cc1O.[H-].[K+].[K+]. The van der Waals surface area contributed by atoms with E-state index in [0.29, 0.717) is 42.6 Å². The molecule has 0 radical (unpaired) electrons. The second kappa shape index (κ2) is 40.8. The molecule has 2 aromatic rings. The normalized spacial score (nSPS) is 9.89. The van der Waals surface area contributed by atoms with E-state index in [9.17, 15) is 19.2 Å². The molecule has 0 bridgehead atoms. The van der Waals surface area contributed by atoms with Crippen molar-refractivity contribution in [2.45, 2.75) is 137 Å². The zero-order valence-corrected chi connectivity index (χ0v) is 44.8. The number of hydrogen-bond acceptors (Lipinski definition) is 11. The number of carbonyl (C=O) groups is 5. The fraction of sp³-hybridized carbons (Fsp3) is 0.575. The first-order valence-corrected chi connectivity index (χ1v) is 20.2. The first kappa shape index (κ1) is 65.6. The van der Waals surface area contributed by atoms with Gasteiger partial charge in [0.05, 0.1) is 17.7 Å². The van der Waals surface area contributed by atoms with E-state index in [0.717, 1.165) is 65.5 Å². The fourth-order valence-corrected chi connectivity index (χ4v) is 5.20. The maximum absolute atomic E-state index is 11.6. The van der Waals surface area contributed by atoms with Crippen LogP contribution in [0.4, 0.5) is 0 Å². The number of rotatable bonds is 19. The third-order valence-electron chi connectivity index (χ3n) is 6.40. The number of unbranched alkanes of at least 4 members (excludes halogenated alkanes) is 8. The van der Waals surface area contributed by atoms with Crippen LogP contribution >= 0.6 is 47.8 Å². The molecule has 2 aromatic carbocycles. The van der Waals surface area contributed by atoms with Crippen LogP contribution in [0.1, 0.15) is 148 Å². The molecule has 16 heteroatoms. The summed E-state index contributed by atoms with van der Waals surface area (Å²) in [7, 11) is 0. The number of phenolic OH excluding ortho intramolecular Hbond substituents is 1. The number of phenols is 1. The number of aldehydes is 2. The predicted octanol–water partition coefficient (Wildman–Crippen LogP) is 4.54. The summed E-state index contributed by atoms with van der Waals surface area (Å²) < 4.78 is 17.8. The third-order valence-corrected chi connectivity index (χ3v) is 7.95. The summed E-state index contributed by atoms with van der Waals surface area (Å²) >= 11 is 9.92. The van der Waals surface area contributed by atoms with Crippen molar-refractivity contribution in [1.29, 1.82) is 0 Å². The minimum Gasteiger partial charge on any atom is -1.00 e. The third kappa shape index (κ3) is 42.6. The van der Waals surface area contributed by atoms with Crippen LogP contribution in [0.2, 0.25) is 0 Å². The Kier molecular flexibility index (Phi) is 47.8. The monoisotopic (exact) mass is 1030 g/mol. The van der Waals surface area contributed by atoms with Gasteiger partial charge in [0.2, 0.25) is 0 Å². The van der Waals surface area contributed by atoms with Crippen LogP contribution in [0.5, 0.6) is 11.5 Å². The summed E-state index contributed by atoms with van der Waals surface area (Å²) in [6.07, 6.45) is 13.1. The summed E-state index contributed by atoms with van der Waals surface area (Å²) in [6.45, 7) is 11.8. The van der Waals surface area contributed by atoms with Crippen molar-refractivity contribution in [3.05, 3.63) is 56.5 Å². The molecular weight excluding hydrogens is 974 g/mol. The van der Waals surface area contributed by atoms with Crippen LogP contribution in [-0.2, 0) is 28.7 Å². The second-order valence-electron chi connectivity index (χ2n) is 13.6. The quantitative estimate of drug-likeness (QED) is 0.0400. The Morgan fingerprint density at radius 2 is 1.09 bits per heavy atom. The predicted molar refractivity (Wildman–Crippen MR) is 222 cm³/mol. The van der Waals surface area contributed by atoms with E-state index in [1.54, 1.807) is 18.2 Å². The number of aromatic hydroxyl groups is 1. The summed E-state index contributed by atoms with van der Waals surface area (Å²) in [5.41, 5.74) is 0.132. The van der Waals surface area contributed by atoms with E-state index in [-0.39, 0.29) is 141 Å². The molecule has 2 rings (SSSR count). The molecule has 0 saturated carbocycles. The fourth-order valence-electron chi connectivity index (χ4n) is 4.11. The molecule has 310 valence electrons. The summed E-state index contributed by atoms with van der Waals surface area (Å²) in [5, 5.41) is 18.5. The van der Waals surface area contributed by atoms with Crippen molar-refractivity contribution >= 4 is 78.8 Å². The molecule has 0 fully saturated rings. The Morgan fingerprint density at radius 1 is 0.696 bits per heavy atom. The number of carbonyl (C=O) groups excluding carboxylic acids is 5. The number of halogens is 3. The van der Waals surface area contributed by atoms with Gasteiger partial charge in [0.1, 0.15) is 22.7 Å². The maximum Gasteiger partial charge on any atom is 1.00 e. The average molecular weight is 1040 g/mol. The van der Waals surface area contributed by atoms with E-state index in [2.05, 4.69) is 52.7 Å². The van der Waals surface area contributed by atoms with Crippen LogP contribution in [0.15, 0.2) is 45.3 Å². The van der Waals surface area contributed by atoms with Gasteiger partial charge in [0.15, 0.2) is 12.6 Å². The number of esters is 2. The summed E-state index contributed by atoms with van der Waals surface area (Å²) in [6, 6.07) is 10.1. The van der Waals surface area contributed by atoms with Crippen LogP contribution in [0.25, 0.3) is 0 Å². The smallest absolute Gasteiger partial charge is 1.00 e. The molecule has 0 amide bonds. The average Bonchev–Trinajstić information content (AvgIpc) is 3.07. The number of benzene rings is 2. The Labute approximate surface area is 446 Å². The topological polar surface area (TPSA) is 166 Å². The Balaban J connectivity index is -0.000000170. The van der Waals surface area contributed by atoms with E-state index < -0.39 is 5.60 Å². The van der Waals surface area contributed by atoms with Crippen molar-refractivity contribution in [2.24, 2.45) is 0 Å². The second-order valence-corrected chi connectivity index (χ2v) is 16.2. The van der Waals surface area contributed by atoms with Gasteiger partial charge in [0, 0.05) is 27.1 Å². The van der Waals surface area contributed by atoms with Gasteiger partial charge in [-0.05, 0) is 104 Å².